The van der Waals surface area contributed by atoms with Crippen molar-refractivity contribution in [3.8, 4) is 56.7 Å². The summed E-state index contributed by atoms with van der Waals surface area (Å²) in [6, 6.07) is 66.8. The van der Waals surface area contributed by atoms with Crippen molar-refractivity contribution in [3.05, 3.63) is 199 Å². The second kappa shape index (κ2) is 12.7. The van der Waals surface area contributed by atoms with E-state index in [9.17, 15) is 0 Å². The van der Waals surface area contributed by atoms with Gasteiger partial charge in [-0.1, -0.05) is 166 Å². The van der Waals surface area contributed by atoms with Gasteiger partial charge in [-0.05, 0) is 53.1 Å². The van der Waals surface area contributed by atoms with Gasteiger partial charge in [0.2, 0.25) is 0 Å². The summed E-state index contributed by atoms with van der Waals surface area (Å²) in [4.78, 5) is 15.2. The van der Waals surface area contributed by atoms with Gasteiger partial charge in [-0.15, -0.1) is 0 Å². The van der Waals surface area contributed by atoms with Crippen molar-refractivity contribution in [2.24, 2.45) is 0 Å². The predicted molar refractivity (Wildman–Crippen MR) is 242 cm³/mol. The zero-order valence-electron chi connectivity index (χ0n) is 32.6. The molecule has 0 unspecified atom stereocenters. The fraction of sp³-hybridized carbons (Fsp3) is 0.0556. The molecule has 3 aromatic heterocycles. The van der Waals surface area contributed by atoms with Gasteiger partial charge >= 0.3 is 0 Å². The standard InChI is InChI=1S/C54H37N5/c1-54(2)42-30-15-12-27-39(42)47-48(54)50-46(41-29-14-16-31-43(41)58(50)37-24-10-5-11-25-37)45-40-28-13-17-32-44(40)59(49(45)47)38-26-18-23-36(33-38)53-56-51(34-19-6-3-7-20-34)55-52(57-53)35-21-8-4-9-22-35/h3-33H,1-2H3. The molecule has 1 aliphatic rings. The van der Waals surface area contributed by atoms with Gasteiger partial charge in [0, 0.05) is 60.6 Å². The summed E-state index contributed by atoms with van der Waals surface area (Å²) in [5.74, 6) is 1.92. The summed E-state index contributed by atoms with van der Waals surface area (Å²) in [7, 11) is 0. The fourth-order valence-electron chi connectivity index (χ4n) is 9.78. The van der Waals surface area contributed by atoms with E-state index in [2.05, 4.69) is 175 Å². The molecule has 0 amide bonds. The number of hydrogen-bond acceptors (Lipinski definition) is 3. The van der Waals surface area contributed by atoms with Gasteiger partial charge in [-0.2, -0.15) is 0 Å². The Morgan fingerprint density at radius 1 is 0.407 bits per heavy atom. The Balaban J connectivity index is 1.21. The number of aromatic nitrogens is 5. The van der Waals surface area contributed by atoms with Crippen LogP contribution in [0.25, 0.3) is 100 Å². The molecule has 0 saturated heterocycles. The minimum atomic E-state index is -0.283. The minimum absolute atomic E-state index is 0.283. The van der Waals surface area contributed by atoms with E-state index < -0.39 is 0 Å². The quantitative estimate of drug-likeness (QED) is 0.176. The molecule has 11 aromatic rings. The second-order valence-electron chi connectivity index (χ2n) is 16.0. The first-order valence-corrected chi connectivity index (χ1v) is 20.2. The van der Waals surface area contributed by atoms with Crippen molar-refractivity contribution in [1.82, 2.24) is 24.1 Å². The van der Waals surface area contributed by atoms with Gasteiger partial charge in [0.25, 0.3) is 0 Å². The summed E-state index contributed by atoms with van der Waals surface area (Å²) >= 11 is 0. The zero-order valence-corrected chi connectivity index (χ0v) is 32.6. The monoisotopic (exact) mass is 755 g/mol. The molecule has 0 N–H and O–H groups in total. The van der Waals surface area contributed by atoms with E-state index in [4.69, 9.17) is 15.0 Å². The van der Waals surface area contributed by atoms with Crippen molar-refractivity contribution in [2.45, 2.75) is 19.3 Å². The molecule has 8 aromatic carbocycles. The Hall–Kier alpha value is -7.63. The van der Waals surface area contributed by atoms with Crippen LogP contribution in [0.2, 0.25) is 0 Å². The highest BCUT2D eigenvalue weighted by Gasteiger charge is 2.41. The van der Waals surface area contributed by atoms with Crippen molar-refractivity contribution in [1.29, 1.82) is 0 Å². The van der Waals surface area contributed by atoms with Gasteiger partial charge in [0.1, 0.15) is 0 Å². The largest absolute Gasteiger partial charge is 0.309 e. The van der Waals surface area contributed by atoms with E-state index in [1.54, 1.807) is 0 Å². The summed E-state index contributed by atoms with van der Waals surface area (Å²) < 4.78 is 5.01. The lowest BCUT2D eigenvalue weighted by molar-refractivity contribution is 0.664. The van der Waals surface area contributed by atoms with E-state index in [0.29, 0.717) is 17.5 Å². The van der Waals surface area contributed by atoms with Crippen molar-refractivity contribution in [2.75, 3.05) is 0 Å². The minimum Gasteiger partial charge on any atom is -0.309 e. The van der Waals surface area contributed by atoms with Crippen molar-refractivity contribution in [3.63, 3.8) is 0 Å². The van der Waals surface area contributed by atoms with Crippen molar-refractivity contribution >= 4 is 43.6 Å². The maximum atomic E-state index is 5.13. The molecule has 1 aliphatic carbocycles. The summed E-state index contributed by atoms with van der Waals surface area (Å²) in [5.41, 5.74) is 14.8. The lowest BCUT2D eigenvalue weighted by Gasteiger charge is -2.24. The highest BCUT2D eigenvalue weighted by molar-refractivity contribution is 6.33. The third-order valence-electron chi connectivity index (χ3n) is 12.3. The Kier molecular flexibility index (Phi) is 7.20. The van der Waals surface area contributed by atoms with Gasteiger partial charge < -0.3 is 9.13 Å². The SMILES string of the molecule is CC1(C)c2ccccc2-c2c1c1c(c3ccccc3n1-c1ccccc1)c1c3ccccc3n(-c3cccc(-c4nc(-c5ccccc5)nc(-c5ccccc5)n4)c3)c21. The van der Waals surface area contributed by atoms with Crippen LogP contribution in [-0.4, -0.2) is 24.1 Å². The van der Waals surface area contributed by atoms with E-state index in [1.807, 2.05) is 36.4 Å². The smallest absolute Gasteiger partial charge is 0.164 e. The van der Waals surface area contributed by atoms with E-state index in [0.717, 1.165) is 33.6 Å². The first-order chi connectivity index (χ1) is 29.1. The molecule has 0 saturated carbocycles. The molecule has 0 atom stereocenters. The first kappa shape index (κ1) is 33.5. The molecule has 3 heterocycles. The third-order valence-corrected chi connectivity index (χ3v) is 12.3. The fourth-order valence-corrected chi connectivity index (χ4v) is 9.78. The highest BCUT2D eigenvalue weighted by atomic mass is 15.0. The number of nitrogens with zero attached hydrogens (tertiary/aromatic N) is 5. The summed E-state index contributed by atoms with van der Waals surface area (Å²) in [6.07, 6.45) is 0. The second-order valence-corrected chi connectivity index (χ2v) is 16.0. The third kappa shape index (κ3) is 4.88. The summed E-state index contributed by atoms with van der Waals surface area (Å²) in [6.45, 7) is 4.80. The molecule has 0 bridgehead atoms. The number of para-hydroxylation sites is 3. The lowest BCUT2D eigenvalue weighted by Crippen LogP contribution is -2.16. The Morgan fingerprint density at radius 2 is 0.864 bits per heavy atom. The first-order valence-electron chi connectivity index (χ1n) is 20.2. The average molecular weight is 756 g/mol. The zero-order chi connectivity index (χ0) is 39.2. The maximum Gasteiger partial charge on any atom is 0.164 e. The van der Waals surface area contributed by atoms with E-state index in [-0.39, 0.29) is 5.41 Å². The van der Waals surface area contributed by atoms with Gasteiger partial charge in [0.05, 0.1) is 22.1 Å². The van der Waals surface area contributed by atoms with Gasteiger partial charge in [-0.3, -0.25) is 0 Å². The molecule has 12 rings (SSSR count). The normalized spacial score (nSPS) is 13.1. The maximum absolute atomic E-state index is 5.13. The van der Waals surface area contributed by atoms with Crippen LogP contribution in [0.5, 0.6) is 0 Å². The molecule has 0 radical (unpaired) electrons. The van der Waals surface area contributed by atoms with E-state index in [1.165, 1.54) is 60.3 Å². The molecule has 5 heteroatoms. The molecule has 0 spiro atoms. The molecule has 5 nitrogen and oxygen atoms in total. The summed E-state index contributed by atoms with van der Waals surface area (Å²) in [5, 5.41) is 5.00. The Labute approximate surface area is 341 Å². The highest BCUT2D eigenvalue weighted by Crippen LogP contribution is 2.58. The van der Waals surface area contributed by atoms with Crippen LogP contribution in [0.1, 0.15) is 25.0 Å². The van der Waals surface area contributed by atoms with Crippen LogP contribution in [0, 0.1) is 0 Å². The van der Waals surface area contributed by atoms with Crippen molar-refractivity contribution < 1.29 is 0 Å². The molecule has 278 valence electrons. The molecule has 0 aliphatic heterocycles. The Morgan fingerprint density at radius 3 is 1.49 bits per heavy atom. The molecular weight excluding hydrogens is 719 g/mol. The number of rotatable bonds is 5. The molecular formula is C54H37N5. The van der Waals surface area contributed by atoms with Crippen LogP contribution in [0.3, 0.4) is 0 Å². The molecule has 0 fully saturated rings. The molecule has 59 heavy (non-hydrogen) atoms. The number of benzene rings is 8. The van der Waals surface area contributed by atoms with Crippen LogP contribution in [0.4, 0.5) is 0 Å². The van der Waals surface area contributed by atoms with Crippen LogP contribution < -0.4 is 0 Å². The lowest BCUT2D eigenvalue weighted by atomic mass is 9.81. The average Bonchev–Trinajstić information content (AvgIpc) is 3.90. The topological polar surface area (TPSA) is 48.5 Å². The van der Waals surface area contributed by atoms with E-state index >= 15 is 0 Å². The van der Waals surface area contributed by atoms with Crippen LogP contribution >= 0.6 is 0 Å². The van der Waals surface area contributed by atoms with Gasteiger partial charge in [0.15, 0.2) is 17.5 Å². The Bertz CT molecular complexity index is 3390. The van der Waals surface area contributed by atoms with Gasteiger partial charge in [-0.25, -0.2) is 15.0 Å². The number of fused-ring (bicyclic) bond motifs is 12. The number of hydrogen-bond donors (Lipinski definition) is 0. The van der Waals surface area contributed by atoms with Crippen LogP contribution in [-0.2, 0) is 5.41 Å². The van der Waals surface area contributed by atoms with Crippen LogP contribution in [0.15, 0.2) is 188 Å². The predicted octanol–water partition coefficient (Wildman–Crippen LogP) is 13.4.